The highest BCUT2D eigenvalue weighted by molar-refractivity contribution is 9.09. The number of alkyl halides is 1. The molecule has 0 aliphatic carbocycles. The molecule has 3 nitrogen and oxygen atoms in total. The molecule has 0 aromatic heterocycles. The Morgan fingerprint density at radius 3 is 2.69 bits per heavy atom. The van der Waals surface area contributed by atoms with E-state index < -0.39 is 0 Å². The number of rotatable bonds is 7. The molecule has 1 rings (SSSR count). The Kier molecular flexibility index (Phi) is 6.65. The first-order valence-corrected chi connectivity index (χ1v) is 6.45. The van der Waals surface area contributed by atoms with Crippen LogP contribution in [0.2, 0.25) is 0 Å². The molecule has 0 unspecified atom stereocenters. The summed E-state index contributed by atoms with van der Waals surface area (Å²) in [5, 5.41) is 3.16. The van der Waals surface area contributed by atoms with Crippen molar-refractivity contribution in [2.75, 3.05) is 18.5 Å². The number of hydrogen-bond acceptors (Lipinski definition) is 2. The molecule has 1 amide bonds. The molecule has 0 saturated heterocycles. The topological polar surface area (TPSA) is 38.3 Å². The van der Waals surface area contributed by atoms with Gasteiger partial charge in [-0.3, -0.25) is 4.79 Å². The van der Waals surface area contributed by atoms with E-state index in [1.165, 1.54) is 0 Å². The van der Waals surface area contributed by atoms with Gasteiger partial charge in [0, 0.05) is 6.54 Å². The van der Waals surface area contributed by atoms with E-state index in [0.29, 0.717) is 18.5 Å². The maximum Gasteiger partial charge on any atom is 0.230 e. The second-order valence-corrected chi connectivity index (χ2v) is 3.91. The lowest BCUT2D eigenvalue weighted by molar-refractivity contribution is -0.118. The first-order valence-electron chi connectivity index (χ1n) is 5.33. The number of carbonyl (C=O) groups is 1. The second kappa shape index (κ2) is 8.16. The van der Waals surface area contributed by atoms with Crippen LogP contribution in [0.15, 0.2) is 30.3 Å². The zero-order valence-electron chi connectivity index (χ0n) is 9.12. The van der Waals surface area contributed by atoms with Gasteiger partial charge < -0.3 is 10.1 Å². The van der Waals surface area contributed by atoms with Crippen LogP contribution in [-0.2, 0) is 4.79 Å². The van der Waals surface area contributed by atoms with E-state index in [-0.39, 0.29) is 5.91 Å². The van der Waals surface area contributed by atoms with Gasteiger partial charge in [-0.25, -0.2) is 0 Å². The summed E-state index contributed by atoms with van der Waals surface area (Å²) in [4.78, 5) is 10.9. The average Bonchev–Trinajstić information content (AvgIpc) is 2.34. The summed E-state index contributed by atoms with van der Waals surface area (Å²) in [6.07, 6.45) is 1.88. The minimum atomic E-state index is 0.0315. The molecule has 0 fully saturated rings. The van der Waals surface area contributed by atoms with Crippen LogP contribution >= 0.6 is 15.9 Å². The highest BCUT2D eigenvalue weighted by atomic mass is 79.9. The van der Waals surface area contributed by atoms with Gasteiger partial charge in [0.25, 0.3) is 0 Å². The van der Waals surface area contributed by atoms with Crippen molar-refractivity contribution in [1.29, 1.82) is 0 Å². The Morgan fingerprint density at radius 2 is 2.00 bits per heavy atom. The van der Waals surface area contributed by atoms with Crippen LogP contribution in [0.4, 0.5) is 0 Å². The molecule has 1 aromatic carbocycles. The van der Waals surface area contributed by atoms with E-state index in [4.69, 9.17) is 4.74 Å². The Labute approximate surface area is 104 Å². The van der Waals surface area contributed by atoms with Crippen molar-refractivity contribution in [2.24, 2.45) is 0 Å². The van der Waals surface area contributed by atoms with Crippen molar-refractivity contribution in [3.8, 4) is 5.75 Å². The van der Waals surface area contributed by atoms with Crippen LogP contribution in [0.3, 0.4) is 0 Å². The van der Waals surface area contributed by atoms with Crippen LogP contribution in [0.5, 0.6) is 5.75 Å². The van der Waals surface area contributed by atoms with Gasteiger partial charge in [-0.2, -0.15) is 0 Å². The number of para-hydroxylation sites is 1. The number of carbonyl (C=O) groups excluding carboxylic acids is 1. The molecule has 16 heavy (non-hydrogen) atoms. The largest absolute Gasteiger partial charge is 0.494 e. The molecule has 0 radical (unpaired) electrons. The number of amides is 1. The third-order valence-electron chi connectivity index (χ3n) is 2.03. The summed E-state index contributed by atoms with van der Waals surface area (Å²) in [6, 6.07) is 9.74. The highest BCUT2D eigenvalue weighted by Gasteiger charge is 1.96. The number of nitrogens with one attached hydrogen (secondary N) is 1. The van der Waals surface area contributed by atoms with E-state index in [1.807, 2.05) is 30.3 Å². The van der Waals surface area contributed by atoms with Gasteiger partial charge in [0.2, 0.25) is 5.91 Å². The fourth-order valence-corrected chi connectivity index (χ4v) is 1.41. The lowest BCUT2D eigenvalue weighted by Gasteiger charge is -2.06. The van der Waals surface area contributed by atoms with Gasteiger partial charge in [-0.1, -0.05) is 34.1 Å². The van der Waals surface area contributed by atoms with Gasteiger partial charge >= 0.3 is 0 Å². The number of benzene rings is 1. The molecular formula is C12H16BrNO2. The van der Waals surface area contributed by atoms with E-state index in [2.05, 4.69) is 21.2 Å². The molecule has 0 aliphatic rings. The minimum Gasteiger partial charge on any atom is -0.494 e. The Morgan fingerprint density at radius 1 is 1.25 bits per heavy atom. The van der Waals surface area contributed by atoms with Crippen LogP contribution in [0, 0.1) is 0 Å². The number of hydrogen-bond donors (Lipinski definition) is 1. The SMILES string of the molecule is O=C(CBr)NCCCCOc1ccccc1. The van der Waals surface area contributed by atoms with E-state index in [1.54, 1.807) is 0 Å². The predicted molar refractivity (Wildman–Crippen MR) is 68.0 cm³/mol. The fourth-order valence-electron chi connectivity index (χ4n) is 1.21. The molecule has 88 valence electrons. The third-order valence-corrected chi connectivity index (χ3v) is 2.54. The molecule has 0 bridgehead atoms. The zero-order valence-corrected chi connectivity index (χ0v) is 10.7. The second-order valence-electron chi connectivity index (χ2n) is 3.35. The summed E-state index contributed by atoms with van der Waals surface area (Å²) in [5.74, 6) is 0.927. The predicted octanol–water partition coefficient (Wildman–Crippen LogP) is 2.36. The van der Waals surface area contributed by atoms with E-state index in [9.17, 15) is 4.79 Å². The molecule has 0 atom stereocenters. The van der Waals surface area contributed by atoms with Crippen molar-refractivity contribution >= 4 is 21.8 Å². The summed E-state index contributed by atoms with van der Waals surface area (Å²) >= 11 is 3.09. The Bertz CT molecular complexity index is 303. The van der Waals surface area contributed by atoms with Crippen LogP contribution in [0.25, 0.3) is 0 Å². The lowest BCUT2D eigenvalue weighted by Crippen LogP contribution is -2.25. The molecule has 1 N–H and O–H groups in total. The zero-order chi connectivity index (χ0) is 11.6. The summed E-state index contributed by atoms with van der Waals surface area (Å²) < 4.78 is 5.52. The molecule has 1 aromatic rings. The van der Waals surface area contributed by atoms with Crippen molar-refractivity contribution in [3.63, 3.8) is 0 Å². The smallest absolute Gasteiger partial charge is 0.230 e. The molecule has 0 aliphatic heterocycles. The van der Waals surface area contributed by atoms with Crippen molar-refractivity contribution < 1.29 is 9.53 Å². The lowest BCUT2D eigenvalue weighted by atomic mass is 10.3. The van der Waals surface area contributed by atoms with Crippen molar-refractivity contribution in [3.05, 3.63) is 30.3 Å². The summed E-state index contributed by atoms with van der Waals surface area (Å²) in [6.45, 7) is 1.40. The van der Waals surface area contributed by atoms with Gasteiger partial charge in [0.05, 0.1) is 11.9 Å². The van der Waals surface area contributed by atoms with Gasteiger partial charge in [0.15, 0.2) is 0 Å². The molecule has 4 heteroatoms. The maximum atomic E-state index is 10.9. The van der Waals surface area contributed by atoms with Crippen LogP contribution < -0.4 is 10.1 Å². The monoisotopic (exact) mass is 285 g/mol. The maximum absolute atomic E-state index is 10.9. The fraction of sp³-hybridized carbons (Fsp3) is 0.417. The van der Waals surface area contributed by atoms with Gasteiger partial charge in [-0.15, -0.1) is 0 Å². The Hall–Kier alpha value is -1.03. The standard InChI is InChI=1S/C12H16BrNO2/c13-10-12(15)14-8-4-5-9-16-11-6-2-1-3-7-11/h1-3,6-7H,4-5,8-10H2,(H,14,15). The summed E-state index contributed by atoms with van der Waals surface area (Å²) in [7, 11) is 0. The minimum absolute atomic E-state index is 0.0315. The Balaban J connectivity index is 1.98. The quantitative estimate of drug-likeness (QED) is 0.617. The average molecular weight is 286 g/mol. The van der Waals surface area contributed by atoms with Crippen LogP contribution in [-0.4, -0.2) is 24.4 Å². The number of ether oxygens (including phenoxy) is 1. The number of halogens is 1. The van der Waals surface area contributed by atoms with Gasteiger partial charge in [0.1, 0.15) is 5.75 Å². The molecule has 0 heterocycles. The van der Waals surface area contributed by atoms with E-state index in [0.717, 1.165) is 18.6 Å². The van der Waals surface area contributed by atoms with Crippen molar-refractivity contribution in [1.82, 2.24) is 5.32 Å². The summed E-state index contributed by atoms with van der Waals surface area (Å²) in [5.41, 5.74) is 0. The normalized spacial score (nSPS) is 9.81. The first kappa shape index (κ1) is 13.0. The van der Waals surface area contributed by atoms with Crippen LogP contribution in [0.1, 0.15) is 12.8 Å². The highest BCUT2D eigenvalue weighted by Crippen LogP contribution is 2.08. The number of unbranched alkanes of at least 4 members (excludes halogenated alkanes) is 1. The molecular weight excluding hydrogens is 270 g/mol. The van der Waals surface area contributed by atoms with Gasteiger partial charge in [-0.05, 0) is 25.0 Å². The first-order chi connectivity index (χ1) is 7.83. The van der Waals surface area contributed by atoms with E-state index >= 15 is 0 Å². The molecule has 0 spiro atoms. The third kappa shape index (κ3) is 5.75. The van der Waals surface area contributed by atoms with Crippen molar-refractivity contribution in [2.45, 2.75) is 12.8 Å². The molecule has 0 saturated carbocycles.